The van der Waals surface area contributed by atoms with Gasteiger partial charge in [0.2, 0.25) is 0 Å². The molecule has 3 N–H and O–H groups in total. The quantitative estimate of drug-likeness (QED) is 0.265. The van der Waals surface area contributed by atoms with Crippen LogP contribution >= 0.6 is 11.6 Å². The first-order valence-electron chi connectivity index (χ1n) is 14.9. The molecule has 0 unspecified atom stereocenters. The van der Waals surface area contributed by atoms with E-state index >= 15 is 0 Å². The van der Waals surface area contributed by atoms with Crippen molar-refractivity contribution in [3.05, 3.63) is 88.2 Å². The normalized spacial score (nSPS) is 27.6. The van der Waals surface area contributed by atoms with E-state index in [0.717, 1.165) is 67.6 Å². The number of pyridine rings is 1. The molecule has 41 heavy (non-hydrogen) atoms. The average Bonchev–Trinajstić information content (AvgIpc) is 3.25. The van der Waals surface area contributed by atoms with Crippen LogP contribution < -0.4 is 10.1 Å². The maximum Gasteiger partial charge on any atom is 0.329 e. The van der Waals surface area contributed by atoms with E-state index in [-0.39, 0.29) is 5.41 Å². The van der Waals surface area contributed by atoms with E-state index in [1.54, 1.807) is 18.3 Å². The van der Waals surface area contributed by atoms with Crippen molar-refractivity contribution in [2.75, 3.05) is 11.9 Å². The van der Waals surface area contributed by atoms with Crippen molar-refractivity contribution in [3.63, 3.8) is 0 Å². The lowest BCUT2D eigenvalue weighted by molar-refractivity contribution is -0.144. The molecule has 6 rings (SSSR count). The maximum absolute atomic E-state index is 12.7. The molecule has 0 bridgehead atoms. The van der Waals surface area contributed by atoms with E-state index in [9.17, 15) is 15.0 Å². The van der Waals surface area contributed by atoms with Gasteiger partial charge in [-0.1, -0.05) is 48.9 Å². The summed E-state index contributed by atoms with van der Waals surface area (Å²) in [6.07, 6.45) is 8.58. The summed E-state index contributed by atoms with van der Waals surface area (Å²) in [6.45, 7) is 2.86. The number of carboxylic acid groups (broad SMARTS) is 1. The summed E-state index contributed by atoms with van der Waals surface area (Å²) < 4.78 is 6.37. The SMILES string of the molecule is C[C@@H](COc1ccnc2c1CCC[C@H]2O)C[C@H]1Cc2ccccc2C12CCC(Nc1cccc(Cl)c1)(C(=O)O)CC2. The van der Waals surface area contributed by atoms with Crippen molar-refractivity contribution in [3.8, 4) is 5.75 Å². The first-order chi connectivity index (χ1) is 19.8. The van der Waals surface area contributed by atoms with E-state index in [1.165, 1.54) is 11.1 Å². The van der Waals surface area contributed by atoms with Crippen LogP contribution in [0.3, 0.4) is 0 Å². The number of carboxylic acids is 1. The van der Waals surface area contributed by atoms with Crippen LogP contribution in [0.1, 0.15) is 80.4 Å². The molecule has 216 valence electrons. The number of nitrogens with zero attached hydrogens (tertiary/aromatic N) is 1. The Kier molecular flexibility index (Phi) is 7.73. The van der Waals surface area contributed by atoms with Crippen LogP contribution in [0, 0.1) is 11.8 Å². The minimum Gasteiger partial charge on any atom is -0.493 e. The fourth-order valence-electron chi connectivity index (χ4n) is 7.77. The molecule has 0 aliphatic heterocycles. The zero-order valence-corrected chi connectivity index (χ0v) is 24.4. The van der Waals surface area contributed by atoms with Gasteiger partial charge in [-0.15, -0.1) is 0 Å². The third kappa shape index (κ3) is 5.32. The Morgan fingerprint density at radius 2 is 1.95 bits per heavy atom. The molecule has 6 nitrogen and oxygen atoms in total. The molecule has 0 radical (unpaired) electrons. The summed E-state index contributed by atoms with van der Waals surface area (Å²) in [4.78, 5) is 17.1. The van der Waals surface area contributed by atoms with Gasteiger partial charge in [-0.25, -0.2) is 4.79 Å². The van der Waals surface area contributed by atoms with Crippen molar-refractivity contribution in [2.45, 2.75) is 81.8 Å². The minimum atomic E-state index is -1.02. The molecule has 1 aromatic heterocycles. The maximum atomic E-state index is 12.7. The highest BCUT2D eigenvalue weighted by atomic mass is 35.5. The molecule has 1 fully saturated rings. The van der Waals surface area contributed by atoms with Crippen molar-refractivity contribution >= 4 is 23.3 Å². The third-order valence-corrected chi connectivity index (χ3v) is 10.1. The number of carbonyl (C=O) groups is 1. The third-order valence-electron chi connectivity index (χ3n) is 9.89. The number of aliphatic hydroxyl groups is 1. The largest absolute Gasteiger partial charge is 0.493 e. The monoisotopic (exact) mass is 574 g/mol. The van der Waals surface area contributed by atoms with Crippen LogP contribution in [0.2, 0.25) is 5.02 Å². The summed E-state index contributed by atoms with van der Waals surface area (Å²) in [5, 5.41) is 24.7. The number of rotatable bonds is 8. The van der Waals surface area contributed by atoms with Crippen molar-refractivity contribution in [2.24, 2.45) is 11.8 Å². The van der Waals surface area contributed by atoms with E-state index in [2.05, 4.69) is 41.5 Å². The summed E-state index contributed by atoms with van der Waals surface area (Å²) in [6, 6.07) is 18.0. The van der Waals surface area contributed by atoms with Crippen LogP contribution in [0.15, 0.2) is 60.8 Å². The number of halogens is 1. The van der Waals surface area contributed by atoms with Gasteiger partial charge in [0.25, 0.3) is 0 Å². The standard InChI is InChI=1S/C34H39ClN2O4/c1-22(21-41-30-12-17-36-31-27(30)9-5-11-29(31)38)18-24-19-23-6-2-3-10-28(23)33(24)13-15-34(16-14-33,32(39)40)37-26-8-4-7-25(35)20-26/h2-4,6-8,10,12,17,20,22,24,29,37-38H,5,9,11,13-16,18-19,21H2,1H3,(H,39,40)/t22-,24+,29-,33?,34?/m1/s1. The average molecular weight is 575 g/mol. The van der Waals surface area contributed by atoms with Gasteiger partial charge in [0.05, 0.1) is 18.4 Å². The van der Waals surface area contributed by atoms with Crippen LogP contribution in [0.5, 0.6) is 5.75 Å². The molecule has 1 heterocycles. The van der Waals surface area contributed by atoms with E-state index in [1.807, 2.05) is 18.2 Å². The number of aliphatic carboxylic acids is 1. The highest BCUT2D eigenvalue weighted by Gasteiger charge is 2.54. The first-order valence-corrected chi connectivity index (χ1v) is 15.3. The van der Waals surface area contributed by atoms with Gasteiger partial charge in [-0.05, 0) is 110 Å². The highest BCUT2D eigenvalue weighted by molar-refractivity contribution is 6.30. The van der Waals surface area contributed by atoms with Gasteiger partial charge in [-0.2, -0.15) is 0 Å². The second kappa shape index (κ2) is 11.3. The lowest BCUT2D eigenvalue weighted by atomic mass is 9.59. The number of ether oxygens (including phenoxy) is 1. The van der Waals surface area contributed by atoms with Crippen LogP contribution in [0.25, 0.3) is 0 Å². The Bertz CT molecular complexity index is 1420. The van der Waals surface area contributed by atoms with Gasteiger partial charge in [0, 0.05) is 22.5 Å². The number of nitrogens with one attached hydrogen (secondary N) is 1. The summed E-state index contributed by atoms with van der Waals surface area (Å²) in [7, 11) is 0. The molecule has 2 aromatic carbocycles. The molecule has 3 aliphatic rings. The lowest BCUT2D eigenvalue weighted by Crippen LogP contribution is -2.53. The second-order valence-electron chi connectivity index (χ2n) is 12.5. The molecule has 0 amide bonds. The number of anilines is 1. The molecule has 3 aliphatic carbocycles. The Hall–Kier alpha value is -3.09. The Labute approximate surface area is 247 Å². The number of fused-ring (bicyclic) bond motifs is 3. The summed E-state index contributed by atoms with van der Waals surface area (Å²) in [5.74, 6) is 0.785. The van der Waals surface area contributed by atoms with Gasteiger partial charge in [-0.3, -0.25) is 4.98 Å². The Balaban J connectivity index is 1.19. The molecule has 3 aromatic rings. The first kappa shape index (κ1) is 28.0. The van der Waals surface area contributed by atoms with Crippen molar-refractivity contribution in [1.29, 1.82) is 0 Å². The fourth-order valence-corrected chi connectivity index (χ4v) is 7.96. The number of aliphatic hydroxyl groups excluding tert-OH is 1. The van der Waals surface area contributed by atoms with E-state index in [4.69, 9.17) is 16.3 Å². The van der Waals surface area contributed by atoms with Gasteiger partial charge < -0.3 is 20.3 Å². The number of benzene rings is 2. The molecule has 1 saturated carbocycles. The zero-order chi connectivity index (χ0) is 28.6. The van der Waals surface area contributed by atoms with Crippen LogP contribution in [-0.2, 0) is 23.1 Å². The van der Waals surface area contributed by atoms with Crippen molar-refractivity contribution < 1.29 is 19.7 Å². The van der Waals surface area contributed by atoms with Gasteiger partial charge in [0.15, 0.2) is 0 Å². The Morgan fingerprint density at radius 3 is 2.73 bits per heavy atom. The van der Waals surface area contributed by atoms with Crippen molar-refractivity contribution in [1.82, 2.24) is 4.98 Å². The van der Waals surface area contributed by atoms with Gasteiger partial charge in [0.1, 0.15) is 11.3 Å². The molecular weight excluding hydrogens is 536 g/mol. The fraction of sp³-hybridized carbons (Fsp3) is 0.471. The lowest BCUT2D eigenvalue weighted by Gasteiger charge is -2.47. The Morgan fingerprint density at radius 1 is 1.15 bits per heavy atom. The number of hydrogen-bond donors (Lipinski definition) is 3. The van der Waals surface area contributed by atoms with E-state index in [0.29, 0.717) is 36.3 Å². The van der Waals surface area contributed by atoms with Gasteiger partial charge >= 0.3 is 5.97 Å². The zero-order valence-electron chi connectivity index (χ0n) is 23.6. The molecule has 3 atom stereocenters. The predicted octanol–water partition coefficient (Wildman–Crippen LogP) is 7.13. The smallest absolute Gasteiger partial charge is 0.329 e. The number of aromatic nitrogens is 1. The van der Waals surface area contributed by atoms with E-state index < -0.39 is 17.6 Å². The highest BCUT2D eigenvalue weighted by Crippen LogP contribution is 2.56. The molecule has 0 saturated heterocycles. The second-order valence-corrected chi connectivity index (χ2v) is 12.9. The molecular formula is C34H39ClN2O4. The van der Waals surface area contributed by atoms with Crippen LogP contribution in [0.4, 0.5) is 5.69 Å². The topological polar surface area (TPSA) is 91.7 Å². The number of hydrogen-bond acceptors (Lipinski definition) is 5. The summed E-state index contributed by atoms with van der Waals surface area (Å²) in [5.41, 5.74) is 4.30. The summed E-state index contributed by atoms with van der Waals surface area (Å²) >= 11 is 6.20. The molecule has 1 spiro atoms. The molecule has 7 heteroatoms. The minimum absolute atomic E-state index is 0.0419. The predicted molar refractivity (Wildman–Crippen MR) is 161 cm³/mol. The van der Waals surface area contributed by atoms with Crippen LogP contribution in [-0.4, -0.2) is 33.3 Å².